The number of aromatic nitrogens is 1. The fourth-order valence-corrected chi connectivity index (χ4v) is 3.25. The maximum atomic E-state index is 12.7. The lowest BCUT2D eigenvalue weighted by Gasteiger charge is -2.15. The van der Waals surface area contributed by atoms with Crippen molar-refractivity contribution in [3.63, 3.8) is 0 Å². The van der Waals surface area contributed by atoms with Crippen LogP contribution in [0, 0.1) is 0 Å². The van der Waals surface area contributed by atoms with E-state index in [4.69, 9.17) is 16.3 Å². The molecule has 0 saturated carbocycles. The van der Waals surface area contributed by atoms with Crippen LogP contribution >= 0.6 is 23.4 Å². The summed E-state index contributed by atoms with van der Waals surface area (Å²) in [5, 5.41) is 13.8. The van der Waals surface area contributed by atoms with Gasteiger partial charge in [0.25, 0.3) is 5.91 Å². The summed E-state index contributed by atoms with van der Waals surface area (Å²) in [4.78, 5) is 12.7. The maximum Gasteiger partial charge on any atom is 0.253 e. The summed E-state index contributed by atoms with van der Waals surface area (Å²) in [5.41, 5.74) is 1.50. The number of nitrogens with zero attached hydrogens (tertiary/aromatic N) is 1. The van der Waals surface area contributed by atoms with Crippen LogP contribution in [0.3, 0.4) is 0 Å². The fourth-order valence-electron chi connectivity index (χ4n) is 2.56. The van der Waals surface area contributed by atoms with Gasteiger partial charge in [-0.05, 0) is 36.6 Å². The van der Waals surface area contributed by atoms with Crippen molar-refractivity contribution in [1.82, 2.24) is 9.88 Å². The Hall–Kier alpha value is -1.21. The van der Waals surface area contributed by atoms with Crippen LogP contribution in [0.15, 0.2) is 24.4 Å². The molecule has 7 heteroatoms. The summed E-state index contributed by atoms with van der Waals surface area (Å²) in [6, 6.07) is 5.26. The Labute approximate surface area is 151 Å². The Morgan fingerprint density at radius 2 is 2.29 bits per heavy atom. The standard InChI is InChI=1S/C17H23ClN2O3S/c1-23-7-6-20-10-15(14-9-12(18)3-4-16(14)20)17(22)19-13(11-21)5-8-24-2/h3-4,9-10,13,21H,5-8,11H2,1-2H3,(H,19,22)/t13-/m0/s1. The lowest BCUT2D eigenvalue weighted by molar-refractivity contribution is 0.0916. The van der Waals surface area contributed by atoms with Gasteiger partial charge in [-0.25, -0.2) is 0 Å². The molecule has 132 valence electrons. The van der Waals surface area contributed by atoms with Gasteiger partial charge < -0.3 is 19.7 Å². The molecular weight excluding hydrogens is 348 g/mol. The number of thioether (sulfide) groups is 1. The van der Waals surface area contributed by atoms with E-state index in [1.165, 1.54) is 0 Å². The molecule has 1 aromatic heterocycles. The van der Waals surface area contributed by atoms with Crippen LogP contribution in [-0.4, -0.2) is 54.0 Å². The zero-order valence-electron chi connectivity index (χ0n) is 13.9. The predicted molar refractivity (Wildman–Crippen MR) is 100 cm³/mol. The number of hydrogen-bond acceptors (Lipinski definition) is 4. The number of amides is 1. The third-order valence-corrected chi connectivity index (χ3v) is 4.73. The van der Waals surface area contributed by atoms with E-state index in [1.54, 1.807) is 24.9 Å². The van der Waals surface area contributed by atoms with E-state index in [0.717, 1.165) is 23.1 Å². The van der Waals surface area contributed by atoms with Gasteiger partial charge in [-0.1, -0.05) is 11.6 Å². The minimum atomic E-state index is -0.249. The highest BCUT2D eigenvalue weighted by atomic mass is 35.5. The van der Waals surface area contributed by atoms with Crippen molar-refractivity contribution in [3.05, 3.63) is 35.0 Å². The highest BCUT2D eigenvalue weighted by molar-refractivity contribution is 7.98. The molecule has 0 spiro atoms. The van der Waals surface area contributed by atoms with Crippen LogP contribution < -0.4 is 5.32 Å². The second-order valence-corrected chi connectivity index (χ2v) is 6.95. The molecule has 1 heterocycles. The van der Waals surface area contributed by atoms with Gasteiger partial charge in [0.2, 0.25) is 0 Å². The largest absolute Gasteiger partial charge is 0.394 e. The number of benzene rings is 1. The summed E-state index contributed by atoms with van der Waals surface area (Å²) < 4.78 is 7.12. The molecule has 1 aromatic carbocycles. The normalized spacial score (nSPS) is 12.5. The predicted octanol–water partition coefficient (Wildman–Crippen LogP) is 2.78. The first-order chi connectivity index (χ1) is 11.6. The molecule has 1 atom stereocenters. The first-order valence-electron chi connectivity index (χ1n) is 7.78. The zero-order chi connectivity index (χ0) is 17.5. The van der Waals surface area contributed by atoms with Crippen molar-refractivity contribution in [3.8, 4) is 0 Å². The van der Waals surface area contributed by atoms with Gasteiger partial charge in [0.1, 0.15) is 0 Å². The number of rotatable bonds is 9. The lowest BCUT2D eigenvalue weighted by Crippen LogP contribution is -2.37. The van der Waals surface area contributed by atoms with E-state index in [1.807, 2.05) is 29.2 Å². The Bertz CT molecular complexity index is 690. The van der Waals surface area contributed by atoms with Crippen LogP contribution in [0.5, 0.6) is 0 Å². The number of aliphatic hydroxyl groups excluding tert-OH is 1. The van der Waals surface area contributed by atoms with E-state index in [-0.39, 0.29) is 18.6 Å². The smallest absolute Gasteiger partial charge is 0.253 e. The quantitative estimate of drug-likeness (QED) is 0.712. The summed E-state index contributed by atoms with van der Waals surface area (Å²) in [7, 11) is 1.65. The van der Waals surface area contributed by atoms with Gasteiger partial charge >= 0.3 is 0 Å². The third kappa shape index (κ3) is 4.66. The third-order valence-electron chi connectivity index (χ3n) is 3.85. The van der Waals surface area contributed by atoms with Crippen LogP contribution in [0.2, 0.25) is 5.02 Å². The van der Waals surface area contributed by atoms with Crippen molar-refractivity contribution < 1.29 is 14.6 Å². The average Bonchev–Trinajstić information content (AvgIpc) is 2.94. The first-order valence-corrected chi connectivity index (χ1v) is 9.55. The summed E-state index contributed by atoms with van der Waals surface area (Å²) in [5.74, 6) is 0.686. The topological polar surface area (TPSA) is 63.5 Å². The molecule has 0 saturated heterocycles. The van der Waals surface area contributed by atoms with Crippen LogP contribution in [0.4, 0.5) is 0 Å². The van der Waals surface area contributed by atoms with Gasteiger partial charge in [0.05, 0.1) is 24.8 Å². The van der Waals surface area contributed by atoms with E-state index < -0.39 is 0 Å². The summed E-state index contributed by atoms with van der Waals surface area (Å²) in [6.07, 6.45) is 4.55. The molecule has 5 nitrogen and oxygen atoms in total. The van der Waals surface area contributed by atoms with Gasteiger partial charge in [-0.15, -0.1) is 0 Å². The molecular formula is C17H23ClN2O3S. The minimum absolute atomic E-state index is 0.0740. The molecule has 0 radical (unpaired) electrons. The van der Waals surface area contributed by atoms with Gasteiger partial charge in [-0.2, -0.15) is 11.8 Å². The molecule has 0 fully saturated rings. The molecule has 0 bridgehead atoms. The minimum Gasteiger partial charge on any atom is -0.394 e. The number of nitrogens with one attached hydrogen (secondary N) is 1. The Kier molecular flexibility index (Phi) is 7.42. The van der Waals surface area contributed by atoms with Crippen LogP contribution in [0.1, 0.15) is 16.8 Å². The van der Waals surface area contributed by atoms with Crippen molar-refractivity contribution in [2.75, 3.05) is 32.3 Å². The van der Waals surface area contributed by atoms with Crippen molar-refractivity contribution in [1.29, 1.82) is 0 Å². The Balaban J connectivity index is 2.29. The second-order valence-electron chi connectivity index (χ2n) is 5.52. The van der Waals surface area contributed by atoms with E-state index in [0.29, 0.717) is 23.7 Å². The Morgan fingerprint density at radius 3 is 2.96 bits per heavy atom. The number of fused-ring (bicyclic) bond motifs is 1. The number of hydrogen-bond donors (Lipinski definition) is 2. The second kappa shape index (κ2) is 9.32. The van der Waals surface area contributed by atoms with E-state index in [2.05, 4.69) is 5.32 Å². The molecule has 1 amide bonds. The molecule has 2 rings (SSSR count). The monoisotopic (exact) mass is 370 g/mol. The number of ether oxygens (including phenoxy) is 1. The molecule has 0 aliphatic heterocycles. The SMILES string of the molecule is COCCn1cc(C(=O)N[C@H](CO)CCSC)c2cc(Cl)ccc21. The zero-order valence-corrected chi connectivity index (χ0v) is 15.5. The molecule has 0 aliphatic rings. The molecule has 0 unspecified atom stereocenters. The summed E-state index contributed by atoms with van der Waals surface area (Å²) in [6.45, 7) is 1.13. The molecule has 24 heavy (non-hydrogen) atoms. The average molecular weight is 371 g/mol. The van der Waals surface area contributed by atoms with E-state index >= 15 is 0 Å². The van der Waals surface area contributed by atoms with Crippen LogP contribution in [0.25, 0.3) is 10.9 Å². The first kappa shape index (κ1) is 19.1. The molecule has 2 aromatic rings. The van der Waals surface area contributed by atoms with Crippen molar-refractivity contribution in [2.45, 2.75) is 19.0 Å². The molecule has 2 N–H and O–H groups in total. The number of carbonyl (C=O) groups excluding carboxylic acids is 1. The highest BCUT2D eigenvalue weighted by Gasteiger charge is 2.18. The fraction of sp³-hybridized carbons (Fsp3) is 0.471. The maximum absolute atomic E-state index is 12.7. The van der Waals surface area contributed by atoms with Gasteiger partial charge in [-0.3, -0.25) is 4.79 Å². The lowest BCUT2D eigenvalue weighted by atomic mass is 10.1. The number of halogens is 1. The molecule has 0 aliphatic carbocycles. The van der Waals surface area contributed by atoms with Crippen LogP contribution in [-0.2, 0) is 11.3 Å². The van der Waals surface area contributed by atoms with Crippen molar-refractivity contribution in [2.24, 2.45) is 0 Å². The number of methoxy groups -OCH3 is 1. The number of aliphatic hydroxyl groups is 1. The highest BCUT2D eigenvalue weighted by Crippen LogP contribution is 2.25. The van der Waals surface area contributed by atoms with Gasteiger partial charge in [0.15, 0.2) is 0 Å². The Morgan fingerprint density at radius 1 is 1.50 bits per heavy atom. The number of carbonyl (C=O) groups is 1. The van der Waals surface area contributed by atoms with Gasteiger partial charge in [0, 0.05) is 35.8 Å². The van der Waals surface area contributed by atoms with Crippen molar-refractivity contribution >= 4 is 40.2 Å². The van der Waals surface area contributed by atoms with E-state index in [9.17, 15) is 9.90 Å². The summed E-state index contributed by atoms with van der Waals surface area (Å²) >= 11 is 7.79.